The maximum Gasteiger partial charge on any atom is 0.254 e. The molecule has 1 aromatic heterocycles. The molecule has 1 saturated heterocycles. The standard InChI is InChI=1S/C30H37N5O5/c1-5-14-35(30(37)23-8-6-9-24(19-23)38-2)21-29(36)34-16-7-15-33(17-18-34)28-13-11-25(31-32-28)22-10-12-26(39-3)27(20-22)40-4/h6,8-13,19-20H,5,7,14-18,21H2,1-4H3. The van der Waals surface area contributed by atoms with Crippen molar-refractivity contribution in [3.63, 3.8) is 0 Å². The van der Waals surface area contributed by atoms with E-state index in [1.165, 1.54) is 0 Å². The van der Waals surface area contributed by atoms with Crippen LogP contribution in [0.15, 0.2) is 54.6 Å². The van der Waals surface area contributed by atoms with Gasteiger partial charge < -0.3 is 28.9 Å². The van der Waals surface area contributed by atoms with Crippen molar-refractivity contribution < 1.29 is 23.8 Å². The van der Waals surface area contributed by atoms with Crippen LogP contribution < -0.4 is 19.1 Å². The van der Waals surface area contributed by atoms with E-state index in [0.29, 0.717) is 49.0 Å². The molecular formula is C30H37N5O5. The first-order valence-corrected chi connectivity index (χ1v) is 13.5. The average Bonchev–Trinajstić information content (AvgIpc) is 3.27. The minimum atomic E-state index is -0.171. The topological polar surface area (TPSA) is 97.3 Å². The number of benzene rings is 2. The number of hydrogen-bond acceptors (Lipinski definition) is 8. The Morgan fingerprint density at radius 2 is 1.70 bits per heavy atom. The number of anilines is 1. The van der Waals surface area contributed by atoms with Crippen molar-refractivity contribution >= 4 is 17.6 Å². The van der Waals surface area contributed by atoms with Crippen LogP contribution in [0.2, 0.25) is 0 Å². The molecule has 0 spiro atoms. The van der Waals surface area contributed by atoms with Crippen LogP contribution in [0.4, 0.5) is 5.82 Å². The van der Waals surface area contributed by atoms with E-state index in [1.54, 1.807) is 50.5 Å². The summed E-state index contributed by atoms with van der Waals surface area (Å²) in [5.41, 5.74) is 2.12. The molecular weight excluding hydrogens is 510 g/mol. The minimum Gasteiger partial charge on any atom is -0.497 e. The normalized spacial score (nSPS) is 13.4. The summed E-state index contributed by atoms with van der Waals surface area (Å²) in [5.74, 6) is 2.44. The van der Waals surface area contributed by atoms with Crippen molar-refractivity contribution in [2.75, 3.05) is 65.5 Å². The van der Waals surface area contributed by atoms with Gasteiger partial charge in [0.05, 0.1) is 27.0 Å². The summed E-state index contributed by atoms with van der Waals surface area (Å²) in [4.78, 5) is 32.1. The van der Waals surface area contributed by atoms with Crippen LogP contribution in [0, 0.1) is 0 Å². The highest BCUT2D eigenvalue weighted by Gasteiger charge is 2.24. The fraction of sp³-hybridized carbons (Fsp3) is 0.400. The molecule has 0 N–H and O–H groups in total. The monoisotopic (exact) mass is 547 g/mol. The molecule has 1 aliphatic rings. The first kappa shape index (κ1) is 28.7. The zero-order valence-corrected chi connectivity index (χ0v) is 23.6. The fourth-order valence-electron chi connectivity index (χ4n) is 4.76. The summed E-state index contributed by atoms with van der Waals surface area (Å²) in [6, 6.07) is 16.6. The predicted octanol–water partition coefficient (Wildman–Crippen LogP) is 3.76. The van der Waals surface area contributed by atoms with Gasteiger partial charge in [-0.2, -0.15) is 0 Å². The maximum atomic E-state index is 13.3. The smallest absolute Gasteiger partial charge is 0.254 e. The number of hydrogen-bond donors (Lipinski definition) is 0. The Kier molecular flexibility index (Phi) is 9.77. The molecule has 40 heavy (non-hydrogen) atoms. The number of ether oxygens (including phenoxy) is 3. The Hall–Kier alpha value is -4.34. The van der Waals surface area contributed by atoms with Gasteiger partial charge in [0.2, 0.25) is 5.91 Å². The summed E-state index contributed by atoms with van der Waals surface area (Å²) >= 11 is 0. The molecule has 1 aliphatic heterocycles. The van der Waals surface area contributed by atoms with Crippen molar-refractivity contribution in [1.29, 1.82) is 0 Å². The van der Waals surface area contributed by atoms with E-state index in [-0.39, 0.29) is 18.4 Å². The van der Waals surface area contributed by atoms with Crippen molar-refractivity contribution in [2.45, 2.75) is 19.8 Å². The van der Waals surface area contributed by atoms with E-state index in [1.807, 2.05) is 42.2 Å². The second kappa shape index (κ2) is 13.6. The Balaban J connectivity index is 1.38. The van der Waals surface area contributed by atoms with Gasteiger partial charge in [-0.15, -0.1) is 10.2 Å². The Morgan fingerprint density at radius 1 is 0.875 bits per heavy atom. The molecule has 3 aromatic rings. The molecule has 2 amide bonds. The highest BCUT2D eigenvalue weighted by Crippen LogP contribution is 2.31. The second-order valence-corrected chi connectivity index (χ2v) is 9.53. The summed E-state index contributed by atoms with van der Waals surface area (Å²) in [5, 5.41) is 8.91. The number of methoxy groups -OCH3 is 3. The van der Waals surface area contributed by atoms with Crippen molar-refractivity contribution in [3.05, 3.63) is 60.2 Å². The quantitative estimate of drug-likeness (QED) is 0.379. The number of nitrogens with zero attached hydrogens (tertiary/aromatic N) is 5. The second-order valence-electron chi connectivity index (χ2n) is 9.53. The summed E-state index contributed by atoms with van der Waals surface area (Å²) < 4.78 is 16.0. The van der Waals surface area contributed by atoms with Crippen LogP contribution in [0.1, 0.15) is 30.1 Å². The van der Waals surface area contributed by atoms with E-state index < -0.39 is 0 Å². The van der Waals surface area contributed by atoms with Crippen LogP contribution in [0.3, 0.4) is 0 Å². The van der Waals surface area contributed by atoms with Crippen molar-refractivity contribution in [1.82, 2.24) is 20.0 Å². The molecule has 2 aromatic carbocycles. The summed E-state index contributed by atoms with van der Waals surface area (Å²) in [6.07, 6.45) is 1.55. The van der Waals surface area contributed by atoms with Gasteiger partial charge in [0.25, 0.3) is 5.91 Å². The number of aromatic nitrogens is 2. The predicted molar refractivity (Wildman–Crippen MR) is 153 cm³/mol. The third-order valence-corrected chi connectivity index (χ3v) is 6.93. The van der Waals surface area contributed by atoms with Crippen molar-refractivity contribution in [2.24, 2.45) is 0 Å². The van der Waals surface area contributed by atoms with E-state index in [9.17, 15) is 9.59 Å². The van der Waals surface area contributed by atoms with Crippen LogP contribution >= 0.6 is 0 Å². The van der Waals surface area contributed by atoms with Gasteiger partial charge in [0.15, 0.2) is 17.3 Å². The third-order valence-electron chi connectivity index (χ3n) is 6.93. The van der Waals surface area contributed by atoms with Gasteiger partial charge in [-0.25, -0.2) is 0 Å². The van der Waals surface area contributed by atoms with Gasteiger partial charge in [0, 0.05) is 43.9 Å². The van der Waals surface area contributed by atoms with E-state index >= 15 is 0 Å². The number of amides is 2. The Morgan fingerprint density at radius 3 is 2.40 bits per heavy atom. The van der Waals surface area contributed by atoms with Gasteiger partial charge in [-0.1, -0.05) is 13.0 Å². The van der Waals surface area contributed by atoms with Crippen molar-refractivity contribution in [3.8, 4) is 28.5 Å². The van der Waals surface area contributed by atoms with Crippen LogP contribution in [-0.2, 0) is 4.79 Å². The molecule has 0 unspecified atom stereocenters. The van der Waals surface area contributed by atoms with Gasteiger partial charge in [-0.05, 0) is 61.4 Å². The lowest BCUT2D eigenvalue weighted by atomic mass is 10.1. The molecule has 0 radical (unpaired) electrons. The first-order chi connectivity index (χ1) is 19.5. The van der Waals surface area contributed by atoms with Gasteiger partial charge >= 0.3 is 0 Å². The zero-order chi connectivity index (χ0) is 28.5. The first-order valence-electron chi connectivity index (χ1n) is 13.5. The summed E-state index contributed by atoms with van der Waals surface area (Å²) in [7, 11) is 4.77. The molecule has 0 aliphatic carbocycles. The lowest BCUT2D eigenvalue weighted by molar-refractivity contribution is -0.131. The minimum absolute atomic E-state index is 0.0453. The molecule has 10 nitrogen and oxygen atoms in total. The largest absolute Gasteiger partial charge is 0.497 e. The van der Waals surface area contributed by atoms with Crippen LogP contribution in [-0.4, -0.2) is 92.4 Å². The van der Waals surface area contributed by atoms with Crippen LogP contribution in [0.25, 0.3) is 11.3 Å². The Bertz CT molecular complexity index is 1300. The highest BCUT2D eigenvalue weighted by molar-refractivity contribution is 5.96. The molecule has 10 heteroatoms. The van der Waals surface area contributed by atoms with E-state index in [0.717, 1.165) is 36.5 Å². The van der Waals surface area contributed by atoms with E-state index in [2.05, 4.69) is 15.1 Å². The number of carbonyl (C=O) groups excluding carboxylic acids is 2. The van der Waals surface area contributed by atoms with Gasteiger partial charge in [0.1, 0.15) is 12.3 Å². The third kappa shape index (κ3) is 6.80. The highest BCUT2D eigenvalue weighted by atomic mass is 16.5. The van der Waals surface area contributed by atoms with Crippen LogP contribution in [0.5, 0.6) is 17.2 Å². The molecule has 0 atom stereocenters. The lowest BCUT2D eigenvalue weighted by Gasteiger charge is -2.27. The lowest BCUT2D eigenvalue weighted by Crippen LogP contribution is -2.44. The SMILES string of the molecule is CCCN(CC(=O)N1CCCN(c2ccc(-c3ccc(OC)c(OC)c3)nn2)CC1)C(=O)c1cccc(OC)c1. The average molecular weight is 548 g/mol. The molecule has 0 bridgehead atoms. The Labute approximate surface area is 235 Å². The zero-order valence-electron chi connectivity index (χ0n) is 23.6. The molecule has 2 heterocycles. The van der Waals surface area contributed by atoms with E-state index in [4.69, 9.17) is 14.2 Å². The van der Waals surface area contributed by atoms with Gasteiger partial charge in [-0.3, -0.25) is 9.59 Å². The molecule has 0 saturated carbocycles. The molecule has 212 valence electrons. The summed E-state index contributed by atoms with van der Waals surface area (Å²) in [6.45, 7) is 5.11. The fourth-order valence-corrected chi connectivity index (χ4v) is 4.76. The number of rotatable bonds is 10. The molecule has 4 rings (SSSR count). The number of carbonyl (C=O) groups is 2. The molecule has 1 fully saturated rings. The maximum absolute atomic E-state index is 13.3.